The summed E-state index contributed by atoms with van der Waals surface area (Å²) in [6.07, 6.45) is 0. The summed E-state index contributed by atoms with van der Waals surface area (Å²) in [6, 6.07) is 87.3. The zero-order chi connectivity index (χ0) is 45.1. The Morgan fingerprint density at radius 3 is 1.60 bits per heavy atom. The standard InChI is InChI=1S/C66H45NO/c1-65(2)56-27-12-10-24-53(56)54-37-32-45(41-61(54)65)42-30-35-48(36-31-42)67(47-19-4-3-5-20-47)49-21-14-18-46(40-49)50-26-15-29-58-62(50)55-25-11-13-28-57(55)66(58)59-38-33-43-16-6-8-22-51(43)63(59)68-64-52-23-9-7-17-44(52)34-39-60(64)66/h3-41H,1-2H3. The highest BCUT2D eigenvalue weighted by atomic mass is 16.5. The Labute approximate surface area is 397 Å². The molecule has 1 heterocycles. The fraction of sp³-hybridized carbons (Fsp3) is 0.0606. The van der Waals surface area contributed by atoms with E-state index in [9.17, 15) is 0 Å². The first-order valence-electron chi connectivity index (χ1n) is 23.7. The molecule has 0 aromatic heterocycles. The Morgan fingerprint density at radius 1 is 0.324 bits per heavy atom. The molecule has 11 aromatic carbocycles. The molecule has 2 aliphatic carbocycles. The van der Waals surface area contributed by atoms with Crippen molar-refractivity contribution in [3.05, 3.63) is 270 Å². The van der Waals surface area contributed by atoms with Gasteiger partial charge in [0.05, 0.1) is 5.41 Å². The Hall–Kier alpha value is -8.46. The Morgan fingerprint density at radius 2 is 0.868 bits per heavy atom. The smallest absolute Gasteiger partial charge is 0.140 e. The summed E-state index contributed by atoms with van der Waals surface area (Å²) < 4.78 is 7.23. The van der Waals surface area contributed by atoms with Gasteiger partial charge in [-0.25, -0.2) is 0 Å². The fourth-order valence-electron chi connectivity index (χ4n) is 12.2. The molecule has 14 rings (SSSR count). The molecule has 0 saturated carbocycles. The van der Waals surface area contributed by atoms with E-state index in [0.717, 1.165) is 44.9 Å². The van der Waals surface area contributed by atoms with E-state index in [1.165, 1.54) is 83.1 Å². The molecule has 11 aromatic rings. The quantitative estimate of drug-likeness (QED) is 0.171. The van der Waals surface area contributed by atoms with Crippen LogP contribution in [0.25, 0.3) is 66.1 Å². The van der Waals surface area contributed by atoms with Crippen LogP contribution in [0.4, 0.5) is 17.1 Å². The van der Waals surface area contributed by atoms with Crippen molar-refractivity contribution in [3.8, 4) is 56.0 Å². The molecule has 0 N–H and O–H groups in total. The number of ether oxygens (including phenoxy) is 1. The van der Waals surface area contributed by atoms with Gasteiger partial charge in [0.25, 0.3) is 0 Å². The number of para-hydroxylation sites is 1. The van der Waals surface area contributed by atoms with Gasteiger partial charge in [-0.2, -0.15) is 0 Å². The van der Waals surface area contributed by atoms with Crippen LogP contribution in [0.1, 0.15) is 47.2 Å². The van der Waals surface area contributed by atoms with Crippen molar-refractivity contribution < 1.29 is 4.74 Å². The minimum Gasteiger partial charge on any atom is -0.455 e. The maximum atomic E-state index is 7.23. The molecule has 0 amide bonds. The SMILES string of the molecule is CC1(C)c2ccccc2-c2ccc(-c3ccc(N(c4ccccc4)c4cccc(-c5cccc6c5-c5ccccc5C65c6ccc7ccccc7c6Oc6c5ccc5ccccc65)c4)cc3)cc21. The molecule has 0 bridgehead atoms. The van der Waals surface area contributed by atoms with Crippen molar-refractivity contribution in [2.24, 2.45) is 0 Å². The summed E-state index contributed by atoms with van der Waals surface area (Å²) in [4.78, 5) is 2.38. The summed E-state index contributed by atoms with van der Waals surface area (Å²) in [5.74, 6) is 1.86. The lowest BCUT2D eigenvalue weighted by Gasteiger charge is -2.40. The predicted octanol–water partition coefficient (Wildman–Crippen LogP) is 17.6. The van der Waals surface area contributed by atoms with Crippen molar-refractivity contribution in [1.29, 1.82) is 0 Å². The van der Waals surface area contributed by atoms with Crippen LogP contribution in [0.2, 0.25) is 0 Å². The number of fused-ring (bicyclic) bond motifs is 16. The van der Waals surface area contributed by atoms with E-state index in [0.29, 0.717) is 0 Å². The van der Waals surface area contributed by atoms with Crippen LogP contribution in [-0.2, 0) is 10.8 Å². The third kappa shape index (κ3) is 5.40. The molecule has 0 unspecified atom stereocenters. The van der Waals surface area contributed by atoms with Crippen molar-refractivity contribution in [1.82, 2.24) is 0 Å². The minimum absolute atomic E-state index is 0.0535. The van der Waals surface area contributed by atoms with E-state index in [1.807, 2.05) is 0 Å². The number of rotatable bonds is 5. The summed E-state index contributed by atoms with van der Waals surface area (Å²) in [7, 11) is 0. The van der Waals surface area contributed by atoms with Crippen molar-refractivity contribution in [3.63, 3.8) is 0 Å². The monoisotopic (exact) mass is 867 g/mol. The van der Waals surface area contributed by atoms with Crippen LogP contribution in [0.3, 0.4) is 0 Å². The van der Waals surface area contributed by atoms with Crippen LogP contribution in [-0.4, -0.2) is 0 Å². The van der Waals surface area contributed by atoms with Crippen LogP contribution >= 0.6 is 0 Å². The minimum atomic E-state index is -0.618. The lowest BCUT2D eigenvalue weighted by atomic mass is 9.65. The second-order valence-electron chi connectivity index (χ2n) is 19.2. The van der Waals surface area contributed by atoms with Gasteiger partial charge in [0, 0.05) is 44.4 Å². The summed E-state index contributed by atoms with van der Waals surface area (Å²) in [6.45, 7) is 4.70. The number of hydrogen-bond donors (Lipinski definition) is 0. The molecule has 1 aliphatic heterocycles. The van der Waals surface area contributed by atoms with E-state index in [2.05, 4.69) is 255 Å². The van der Waals surface area contributed by atoms with Gasteiger partial charge in [-0.1, -0.05) is 208 Å². The zero-order valence-corrected chi connectivity index (χ0v) is 37.9. The van der Waals surface area contributed by atoms with Crippen LogP contribution in [0.15, 0.2) is 237 Å². The van der Waals surface area contributed by atoms with Crippen LogP contribution < -0.4 is 9.64 Å². The zero-order valence-electron chi connectivity index (χ0n) is 37.9. The fourth-order valence-corrected chi connectivity index (χ4v) is 12.2. The molecule has 1 spiro atoms. The number of benzene rings is 11. The molecule has 0 radical (unpaired) electrons. The molecule has 320 valence electrons. The summed E-state index contributed by atoms with van der Waals surface area (Å²) in [5.41, 5.74) is 20.3. The van der Waals surface area contributed by atoms with E-state index < -0.39 is 5.41 Å². The van der Waals surface area contributed by atoms with Gasteiger partial charge in [0.2, 0.25) is 0 Å². The number of hydrogen-bond acceptors (Lipinski definition) is 2. The van der Waals surface area contributed by atoms with Gasteiger partial charge in [0.15, 0.2) is 0 Å². The maximum absolute atomic E-state index is 7.23. The molecule has 0 saturated heterocycles. The van der Waals surface area contributed by atoms with Gasteiger partial charge in [-0.15, -0.1) is 0 Å². The van der Waals surface area contributed by atoms with Gasteiger partial charge in [-0.05, 0) is 120 Å². The normalized spacial score (nSPS) is 14.1. The van der Waals surface area contributed by atoms with Crippen LogP contribution in [0, 0.1) is 0 Å². The van der Waals surface area contributed by atoms with Crippen molar-refractivity contribution in [2.75, 3.05) is 4.90 Å². The van der Waals surface area contributed by atoms with Gasteiger partial charge in [0.1, 0.15) is 11.5 Å². The Bertz CT molecular complexity index is 3780. The first kappa shape index (κ1) is 38.8. The second-order valence-corrected chi connectivity index (χ2v) is 19.2. The average Bonchev–Trinajstić information content (AvgIpc) is 3.82. The number of nitrogens with zero attached hydrogens (tertiary/aromatic N) is 1. The van der Waals surface area contributed by atoms with Gasteiger partial charge >= 0.3 is 0 Å². The largest absolute Gasteiger partial charge is 0.455 e. The first-order chi connectivity index (χ1) is 33.5. The summed E-state index contributed by atoms with van der Waals surface area (Å²) in [5, 5.41) is 4.57. The molecule has 0 atom stereocenters. The molecule has 3 aliphatic rings. The molecule has 0 fully saturated rings. The van der Waals surface area contributed by atoms with E-state index >= 15 is 0 Å². The molecule has 68 heavy (non-hydrogen) atoms. The third-order valence-corrected chi connectivity index (χ3v) is 15.3. The molecule has 2 nitrogen and oxygen atoms in total. The van der Waals surface area contributed by atoms with Gasteiger partial charge in [-0.3, -0.25) is 0 Å². The van der Waals surface area contributed by atoms with E-state index in [4.69, 9.17) is 4.74 Å². The van der Waals surface area contributed by atoms with Crippen LogP contribution in [0.5, 0.6) is 11.5 Å². The second kappa shape index (κ2) is 14.5. The van der Waals surface area contributed by atoms with Gasteiger partial charge < -0.3 is 9.64 Å². The highest BCUT2D eigenvalue weighted by Gasteiger charge is 2.52. The Balaban J connectivity index is 0.922. The first-order valence-corrected chi connectivity index (χ1v) is 23.7. The topological polar surface area (TPSA) is 12.5 Å². The van der Waals surface area contributed by atoms with E-state index in [-0.39, 0.29) is 5.41 Å². The maximum Gasteiger partial charge on any atom is 0.140 e. The lowest BCUT2D eigenvalue weighted by molar-refractivity contribution is 0.447. The lowest BCUT2D eigenvalue weighted by Crippen LogP contribution is -2.32. The highest BCUT2D eigenvalue weighted by molar-refractivity contribution is 6.02. The molecular weight excluding hydrogens is 823 g/mol. The number of anilines is 3. The molecular formula is C66H45NO. The van der Waals surface area contributed by atoms with E-state index in [1.54, 1.807) is 0 Å². The van der Waals surface area contributed by atoms with Crippen molar-refractivity contribution >= 4 is 38.6 Å². The molecule has 2 heteroatoms. The predicted molar refractivity (Wildman–Crippen MR) is 282 cm³/mol. The third-order valence-electron chi connectivity index (χ3n) is 15.3. The van der Waals surface area contributed by atoms with Crippen molar-refractivity contribution in [2.45, 2.75) is 24.7 Å². The summed E-state index contributed by atoms with van der Waals surface area (Å²) >= 11 is 0. The average molecular weight is 868 g/mol. The Kier molecular flexibility index (Phi) is 8.28. The highest BCUT2D eigenvalue weighted by Crippen LogP contribution is 2.65.